The predicted molar refractivity (Wildman–Crippen MR) is 83.0 cm³/mol. The van der Waals surface area contributed by atoms with Crippen LogP contribution in [0.4, 0.5) is 0 Å². The lowest BCUT2D eigenvalue weighted by Crippen LogP contribution is -2.06. The quantitative estimate of drug-likeness (QED) is 0.569. The molecular weight excluding hydrogens is 276 g/mol. The molecule has 0 aromatic carbocycles. The number of aryl methyl sites for hydroxylation is 3. The molecule has 0 unspecified atom stereocenters. The Kier molecular flexibility index (Phi) is 2.72. The van der Waals surface area contributed by atoms with Crippen molar-refractivity contribution in [3.63, 3.8) is 0 Å². The zero-order valence-electron chi connectivity index (χ0n) is 12.8. The van der Waals surface area contributed by atoms with Gasteiger partial charge in [0.25, 0.3) is 0 Å². The topological polar surface area (TPSA) is 60.4 Å². The Morgan fingerprint density at radius 1 is 1.05 bits per heavy atom. The van der Waals surface area contributed by atoms with Gasteiger partial charge >= 0.3 is 0 Å². The first-order valence-electron chi connectivity index (χ1n) is 7.23. The number of imidazole rings is 1. The van der Waals surface area contributed by atoms with E-state index in [0.717, 1.165) is 39.6 Å². The van der Waals surface area contributed by atoms with Gasteiger partial charge in [-0.3, -0.25) is 0 Å². The van der Waals surface area contributed by atoms with Crippen LogP contribution < -0.4 is 0 Å². The fraction of sp³-hybridized carbons (Fsp3) is 0.250. The number of aromatic nitrogens is 6. The Morgan fingerprint density at radius 2 is 1.91 bits per heavy atom. The van der Waals surface area contributed by atoms with Gasteiger partial charge in [-0.2, -0.15) is 10.2 Å². The Hall–Kier alpha value is -2.76. The highest BCUT2D eigenvalue weighted by atomic mass is 15.3. The minimum atomic E-state index is 0.712. The summed E-state index contributed by atoms with van der Waals surface area (Å²) in [5, 5.41) is 9.02. The molecule has 0 fully saturated rings. The highest BCUT2D eigenvalue weighted by Gasteiger charge is 2.13. The second-order valence-electron chi connectivity index (χ2n) is 5.56. The zero-order chi connectivity index (χ0) is 15.3. The van der Waals surface area contributed by atoms with Crippen LogP contribution >= 0.6 is 0 Å². The van der Waals surface area contributed by atoms with Gasteiger partial charge in [-0.25, -0.2) is 19.0 Å². The fourth-order valence-electron chi connectivity index (χ4n) is 2.74. The molecule has 0 amide bonds. The number of fused-ring (bicyclic) bond motifs is 2. The number of hydrogen-bond acceptors (Lipinski definition) is 4. The standard InChI is InChI=1S/C16H16N6/c1-10-9-18-21-13(6-7-17-16(10)21)8-14-12(3)19-15-5-4-11(2)20-22(14)15/h4-7,9H,8H2,1-3H3. The van der Waals surface area contributed by atoms with Gasteiger partial charge in [0, 0.05) is 18.2 Å². The molecule has 0 bridgehead atoms. The van der Waals surface area contributed by atoms with Gasteiger partial charge in [-0.15, -0.1) is 0 Å². The Bertz CT molecular complexity index is 995. The van der Waals surface area contributed by atoms with Crippen LogP contribution in [0.1, 0.15) is 28.3 Å². The van der Waals surface area contributed by atoms with Crippen LogP contribution in [0.25, 0.3) is 11.3 Å². The lowest BCUT2D eigenvalue weighted by Gasteiger charge is -2.06. The molecule has 4 aromatic rings. The second-order valence-corrected chi connectivity index (χ2v) is 5.56. The van der Waals surface area contributed by atoms with E-state index in [-0.39, 0.29) is 0 Å². The van der Waals surface area contributed by atoms with E-state index in [0.29, 0.717) is 6.42 Å². The molecule has 4 heterocycles. The van der Waals surface area contributed by atoms with Crippen molar-refractivity contribution in [3.8, 4) is 0 Å². The highest BCUT2D eigenvalue weighted by molar-refractivity contribution is 5.47. The summed E-state index contributed by atoms with van der Waals surface area (Å²) >= 11 is 0. The third-order valence-electron chi connectivity index (χ3n) is 3.91. The van der Waals surface area contributed by atoms with Gasteiger partial charge in [-0.1, -0.05) is 0 Å². The predicted octanol–water partition coefficient (Wildman–Crippen LogP) is 2.29. The SMILES string of the molecule is Cc1ccc2nc(C)c(Cc3ccnc4c(C)cnn34)n2n1. The Labute approximate surface area is 127 Å². The first-order chi connectivity index (χ1) is 10.6. The molecule has 0 saturated carbocycles. The summed E-state index contributed by atoms with van der Waals surface area (Å²) in [5.74, 6) is 0. The van der Waals surface area contributed by atoms with Crippen LogP contribution in [0.15, 0.2) is 30.6 Å². The summed E-state index contributed by atoms with van der Waals surface area (Å²) in [6.07, 6.45) is 4.38. The maximum absolute atomic E-state index is 4.59. The molecule has 4 rings (SSSR count). The van der Waals surface area contributed by atoms with Crippen molar-refractivity contribution in [2.45, 2.75) is 27.2 Å². The van der Waals surface area contributed by atoms with Crippen molar-refractivity contribution < 1.29 is 0 Å². The summed E-state index contributed by atoms with van der Waals surface area (Å²) in [6, 6.07) is 5.97. The lowest BCUT2D eigenvalue weighted by molar-refractivity contribution is 0.801. The molecule has 0 saturated heterocycles. The number of nitrogens with zero attached hydrogens (tertiary/aromatic N) is 6. The van der Waals surface area contributed by atoms with Crippen molar-refractivity contribution in [2.24, 2.45) is 0 Å². The van der Waals surface area contributed by atoms with Crippen molar-refractivity contribution in [1.82, 2.24) is 29.2 Å². The number of rotatable bonds is 2. The normalized spacial score (nSPS) is 11.6. The summed E-state index contributed by atoms with van der Waals surface area (Å²) in [7, 11) is 0. The average molecular weight is 292 g/mol. The van der Waals surface area contributed by atoms with Crippen LogP contribution in [-0.2, 0) is 6.42 Å². The van der Waals surface area contributed by atoms with Crippen molar-refractivity contribution in [1.29, 1.82) is 0 Å². The molecule has 0 aliphatic carbocycles. The van der Waals surface area contributed by atoms with E-state index in [4.69, 9.17) is 0 Å². The second kappa shape index (κ2) is 4.62. The van der Waals surface area contributed by atoms with E-state index in [1.165, 1.54) is 0 Å². The number of hydrogen-bond donors (Lipinski definition) is 0. The molecular formula is C16H16N6. The molecule has 0 spiro atoms. The van der Waals surface area contributed by atoms with E-state index < -0.39 is 0 Å². The van der Waals surface area contributed by atoms with Crippen molar-refractivity contribution >= 4 is 11.3 Å². The maximum Gasteiger partial charge on any atom is 0.158 e. The molecule has 0 radical (unpaired) electrons. The van der Waals surface area contributed by atoms with Crippen LogP contribution in [-0.4, -0.2) is 29.2 Å². The first-order valence-corrected chi connectivity index (χ1v) is 7.23. The smallest absolute Gasteiger partial charge is 0.158 e. The third-order valence-corrected chi connectivity index (χ3v) is 3.91. The van der Waals surface area contributed by atoms with Gasteiger partial charge in [0.05, 0.1) is 29.0 Å². The monoisotopic (exact) mass is 292 g/mol. The van der Waals surface area contributed by atoms with Crippen molar-refractivity contribution in [2.75, 3.05) is 0 Å². The summed E-state index contributed by atoms with van der Waals surface area (Å²) in [6.45, 7) is 6.02. The first kappa shape index (κ1) is 12.9. The summed E-state index contributed by atoms with van der Waals surface area (Å²) < 4.78 is 3.82. The molecule has 0 aliphatic rings. The minimum Gasteiger partial charge on any atom is -0.237 e. The van der Waals surface area contributed by atoms with Crippen LogP contribution in [0.3, 0.4) is 0 Å². The fourth-order valence-corrected chi connectivity index (χ4v) is 2.74. The van der Waals surface area contributed by atoms with Crippen LogP contribution in [0, 0.1) is 20.8 Å². The summed E-state index contributed by atoms with van der Waals surface area (Å²) in [4.78, 5) is 8.98. The largest absolute Gasteiger partial charge is 0.237 e. The van der Waals surface area contributed by atoms with Gasteiger partial charge < -0.3 is 0 Å². The van der Waals surface area contributed by atoms with Crippen LogP contribution in [0.5, 0.6) is 0 Å². The minimum absolute atomic E-state index is 0.712. The molecule has 110 valence electrons. The molecule has 0 atom stereocenters. The van der Waals surface area contributed by atoms with Gasteiger partial charge in [0.2, 0.25) is 0 Å². The average Bonchev–Trinajstić information content (AvgIpc) is 3.02. The van der Waals surface area contributed by atoms with E-state index in [1.807, 2.05) is 60.4 Å². The van der Waals surface area contributed by atoms with Gasteiger partial charge in [-0.05, 0) is 39.0 Å². The lowest BCUT2D eigenvalue weighted by atomic mass is 10.2. The van der Waals surface area contributed by atoms with Gasteiger partial charge in [0.15, 0.2) is 11.3 Å². The summed E-state index contributed by atoms with van der Waals surface area (Å²) in [5.41, 5.74) is 6.97. The van der Waals surface area contributed by atoms with E-state index in [2.05, 4.69) is 20.2 Å². The van der Waals surface area contributed by atoms with Crippen molar-refractivity contribution in [3.05, 3.63) is 58.9 Å². The van der Waals surface area contributed by atoms with E-state index in [9.17, 15) is 0 Å². The molecule has 22 heavy (non-hydrogen) atoms. The molecule has 0 N–H and O–H groups in total. The maximum atomic E-state index is 4.59. The van der Waals surface area contributed by atoms with E-state index in [1.54, 1.807) is 0 Å². The molecule has 4 aromatic heterocycles. The Balaban J connectivity index is 1.89. The molecule has 0 aliphatic heterocycles. The zero-order valence-corrected chi connectivity index (χ0v) is 12.8. The molecule has 6 heteroatoms. The van der Waals surface area contributed by atoms with Crippen LogP contribution in [0.2, 0.25) is 0 Å². The highest BCUT2D eigenvalue weighted by Crippen LogP contribution is 2.17. The molecule has 6 nitrogen and oxygen atoms in total. The van der Waals surface area contributed by atoms with E-state index >= 15 is 0 Å². The third kappa shape index (κ3) is 1.88. The Morgan fingerprint density at radius 3 is 2.77 bits per heavy atom. The van der Waals surface area contributed by atoms with Gasteiger partial charge in [0.1, 0.15) is 0 Å².